The Morgan fingerprint density at radius 2 is 1.96 bits per heavy atom. The summed E-state index contributed by atoms with van der Waals surface area (Å²) in [6.07, 6.45) is -3.19. The summed E-state index contributed by atoms with van der Waals surface area (Å²) in [5.41, 5.74) is -0.319. The molecule has 2 aromatic rings. The van der Waals surface area contributed by atoms with E-state index in [0.29, 0.717) is 6.54 Å². The van der Waals surface area contributed by atoms with E-state index in [1.807, 2.05) is 24.3 Å². The molecule has 1 aliphatic heterocycles. The number of carbonyl (C=O) groups is 1. The number of halogens is 3. The average molecular weight is 365 g/mol. The summed E-state index contributed by atoms with van der Waals surface area (Å²) in [5.74, 6) is -1.21. The minimum atomic E-state index is -4.80. The number of esters is 1. The minimum Gasteiger partial charge on any atom is -0.465 e. The van der Waals surface area contributed by atoms with Crippen molar-refractivity contribution in [2.75, 3.05) is 18.6 Å². The minimum absolute atomic E-state index is 0.0899. The van der Waals surface area contributed by atoms with Gasteiger partial charge >= 0.3 is 12.1 Å². The number of rotatable bonds is 2. The second-order valence-electron chi connectivity index (χ2n) is 6.72. The van der Waals surface area contributed by atoms with Crippen molar-refractivity contribution in [2.24, 2.45) is 0 Å². The number of aromatic nitrogens is 2. The lowest BCUT2D eigenvalue weighted by Crippen LogP contribution is -2.35. The SMILES string of the molecule is COC(=O)c1cnc(N2CCC(C)(C)c3ccccc32)nc1C(F)(F)F. The highest BCUT2D eigenvalue weighted by Crippen LogP contribution is 2.42. The van der Waals surface area contributed by atoms with Crippen molar-refractivity contribution in [3.8, 4) is 0 Å². The summed E-state index contributed by atoms with van der Waals surface area (Å²) >= 11 is 0. The fourth-order valence-corrected chi connectivity index (χ4v) is 3.11. The van der Waals surface area contributed by atoms with E-state index >= 15 is 0 Å². The van der Waals surface area contributed by atoms with Crippen molar-refractivity contribution >= 4 is 17.6 Å². The molecule has 0 saturated carbocycles. The molecule has 0 bridgehead atoms. The molecular weight excluding hydrogens is 347 g/mol. The van der Waals surface area contributed by atoms with E-state index in [1.54, 1.807) is 4.90 Å². The molecule has 3 rings (SSSR count). The Labute approximate surface area is 148 Å². The van der Waals surface area contributed by atoms with E-state index in [1.165, 1.54) is 0 Å². The number of hydrogen-bond acceptors (Lipinski definition) is 5. The predicted molar refractivity (Wildman–Crippen MR) is 89.5 cm³/mol. The van der Waals surface area contributed by atoms with Crippen LogP contribution >= 0.6 is 0 Å². The summed E-state index contributed by atoms with van der Waals surface area (Å²) in [5, 5.41) is 0. The molecule has 0 fully saturated rings. The number of nitrogens with zero attached hydrogens (tertiary/aromatic N) is 3. The number of para-hydroxylation sites is 1. The van der Waals surface area contributed by atoms with Crippen LogP contribution in [0.1, 0.15) is 41.9 Å². The van der Waals surface area contributed by atoms with Crippen LogP contribution in [0.15, 0.2) is 30.5 Å². The molecule has 1 aromatic heterocycles. The smallest absolute Gasteiger partial charge is 0.434 e. The Kier molecular flexibility index (Phi) is 4.37. The predicted octanol–water partition coefficient (Wildman–Crippen LogP) is 4.10. The fraction of sp³-hybridized carbons (Fsp3) is 0.389. The van der Waals surface area contributed by atoms with Crippen LogP contribution in [0, 0.1) is 0 Å². The van der Waals surface area contributed by atoms with E-state index < -0.39 is 23.4 Å². The van der Waals surface area contributed by atoms with E-state index in [9.17, 15) is 18.0 Å². The maximum atomic E-state index is 13.4. The monoisotopic (exact) mass is 365 g/mol. The molecule has 2 heterocycles. The molecule has 1 aliphatic rings. The molecule has 26 heavy (non-hydrogen) atoms. The van der Waals surface area contributed by atoms with Gasteiger partial charge in [-0.3, -0.25) is 0 Å². The van der Waals surface area contributed by atoms with Gasteiger partial charge in [-0.15, -0.1) is 0 Å². The summed E-state index contributed by atoms with van der Waals surface area (Å²) in [6.45, 7) is 4.65. The zero-order valence-corrected chi connectivity index (χ0v) is 14.6. The van der Waals surface area contributed by atoms with E-state index in [4.69, 9.17) is 0 Å². The summed E-state index contributed by atoms with van der Waals surface area (Å²) in [4.78, 5) is 21.0. The third-order valence-electron chi connectivity index (χ3n) is 4.58. The Hall–Kier alpha value is -2.64. The molecule has 0 amide bonds. The van der Waals surface area contributed by atoms with E-state index in [2.05, 4.69) is 28.6 Å². The highest BCUT2D eigenvalue weighted by molar-refractivity contribution is 5.90. The van der Waals surface area contributed by atoms with Gasteiger partial charge in [0.2, 0.25) is 5.95 Å². The lowest BCUT2D eigenvalue weighted by atomic mass is 9.78. The summed E-state index contributed by atoms with van der Waals surface area (Å²) in [6, 6.07) is 7.50. The zero-order valence-electron chi connectivity index (χ0n) is 14.6. The van der Waals surface area contributed by atoms with Crippen molar-refractivity contribution in [3.63, 3.8) is 0 Å². The van der Waals surface area contributed by atoms with Crippen LogP contribution in [-0.4, -0.2) is 29.6 Å². The standard InChI is InChI=1S/C18H18F3N3O2/c1-17(2)8-9-24(13-7-5-4-6-12(13)17)16-22-10-11(15(25)26-3)14(23-16)18(19,20)21/h4-7,10H,8-9H2,1-3H3. The van der Waals surface area contributed by atoms with E-state index in [-0.39, 0.29) is 11.4 Å². The molecule has 0 N–H and O–H groups in total. The van der Waals surface area contributed by atoms with Crippen LogP contribution in [0.25, 0.3) is 0 Å². The topological polar surface area (TPSA) is 55.3 Å². The lowest BCUT2D eigenvalue weighted by Gasteiger charge is -2.39. The van der Waals surface area contributed by atoms with Crippen molar-refractivity contribution < 1.29 is 22.7 Å². The van der Waals surface area contributed by atoms with Gasteiger partial charge < -0.3 is 9.64 Å². The fourth-order valence-electron chi connectivity index (χ4n) is 3.11. The maximum Gasteiger partial charge on any atom is 0.434 e. The number of methoxy groups -OCH3 is 1. The molecule has 5 nitrogen and oxygen atoms in total. The molecule has 0 spiro atoms. The summed E-state index contributed by atoms with van der Waals surface area (Å²) < 4.78 is 44.6. The Bertz CT molecular complexity index is 850. The lowest BCUT2D eigenvalue weighted by molar-refractivity contribution is -0.141. The van der Waals surface area contributed by atoms with Gasteiger partial charge in [-0.05, 0) is 23.5 Å². The number of benzene rings is 1. The molecule has 8 heteroatoms. The quantitative estimate of drug-likeness (QED) is 0.750. The number of alkyl halides is 3. The van der Waals surface area contributed by atoms with Gasteiger partial charge in [-0.25, -0.2) is 14.8 Å². The van der Waals surface area contributed by atoms with Crippen molar-refractivity contribution in [1.82, 2.24) is 9.97 Å². The third-order valence-corrected chi connectivity index (χ3v) is 4.58. The first-order valence-electron chi connectivity index (χ1n) is 8.05. The van der Waals surface area contributed by atoms with E-state index in [0.717, 1.165) is 31.0 Å². The first-order chi connectivity index (χ1) is 12.1. The molecule has 0 unspecified atom stereocenters. The van der Waals surface area contributed by atoms with Gasteiger partial charge in [0.1, 0.15) is 5.56 Å². The van der Waals surface area contributed by atoms with Crippen molar-refractivity contribution in [2.45, 2.75) is 31.9 Å². The van der Waals surface area contributed by atoms with Crippen LogP contribution in [0.5, 0.6) is 0 Å². The van der Waals surface area contributed by atoms with Crippen LogP contribution < -0.4 is 4.90 Å². The maximum absolute atomic E-state index is 13.4. The highest BCUT2D eigenvalue weighted by atomic mass is 19.4. The number of hydrogen-bond donors (Lipinski definition) is 0. The molecule has 0 aliphatic carbocycles. The van der Waals surface area contributed by atoms with Crippen LogP contribution in [-0.2, 0) is 16.3 Å². The van der Waals surface area contributed by atoms with Gasteiger partial charge in [0.05, 0.1) is 7.11 Å². The van der Waals surface area contributed by atoms with Crippen LogP contribution in [0.2, 0.25) is 0 Å². The normalized spacial score (nSPS) is 16.2. The van der Waals surface area contributed by atoms with Gasteiger partial charge in [-0.2, -0.15) is 13.2 Å². The van der Waals surface area contributed by atoms with Crippen molar-refractivity contribution in [3.05, 3.63) is 47.3 Å². The molecular formula is C18H18F3N3O2. The molecule has 0 radical (unpaired) electrons. The first-order valence-corrected chi connectivity index (χ1v) is 8.05. The van der Waals surface area contributed by atoms with Crippen molar-refractivity contribution in [1.29, 1.82) is 0 Å². The largest absolute Gasteiger partial charge is 0.465 e. The molecule has 0 saturated heterocycles. The average Bonchev–Trinajstić information content (AvgIpc) is 2.60. The second kappa shape index (κ2) is 6.26. The Morgan fingerprint density at radius 1 is 1.27 bits per heavy atom. The first kappa shape index (κ1) is 18.2. The molecule has 138 valence electrons. The van der Waals surface area contributed by atoms with Gasteiger partial charge in [0.25, 0.3) is 0 Å². The molecule has 1 aromatic carbocycles. The Balaban J connectivity index is 2.12. The summed E-state index contributed by atoms with van der Waals surface area (Å²) in [7, 11) is 1.01. The number of fused-ring (bicyclic) bond motifs is 1. The second-order valence-corrected chi connectivity index (χ2v) is 6.72. The van der Waals surface area contributed by atoms with Gasteiger partial charge in [-0.1, -0.05) is 32.0 Å². The van der Waals surface area contributed by atoms with Crippen LogP contribution in [0.3, 0.4) is 0 Å². The third kappa shape index (κ3) is 3.11. The highest BCUT2D eigenvalue weighted by Gasteiger charge is 2.40. The van der Waals surface area contributed by atoms with Crippen LogP contribution in [0.4, 0.5) is 24.8 Å². The Morgan fingerprint density at radius 3 is 2.62 bits per heavy atom. The van der Waals surface area contributed by atoms with Gasteiger partial charge in [0, 0.05) is 18.4 Å². The zero-order chi connectivity index (χ0) is 19.1. The number of ether oxygens (including phenoxy) is 1. The number of anilines is 2. The number of carbonyl (C=O) groups excluding carboxylic acids is 1. The molecule has 0 atom stereocenters. The van der Waals surface area contributed by atoms with Gasteiger partial charge in [0.15, 0.2) is 5.69 Å².